The van der Waals surface area contributed by atoms with Crippen molar-refractivity contribution in [3.63, 3.8) is 0 Å². The summed E-state index contributed by atoms with van der Waals surface area (Å²) in [6, 6.07) is 9.95. The van der Waals surface area contributed by atoms with Crippen LogP contribution in [-0.4, -0.2) is 62.0 Å². The molecule has 7 nitrogen and oxygen atoms in total. The second kappa shape index (κ2) is 6.56. The van der Waals surface area contributed by atoms with Gasteiger partial charge in [-0.1, -0.05) is 0 Å². The Labute approximate surface area is 170 Å². The van der Waals surface area contributed by atoms with Gasteiger partial charge in [-0.2, -0.15) is 0 Å². The van der Waals surface area contributed by atoms with E-state index in [1.54, 1.807) is 18.6 Å². The summed E-state index contributed by atoms with van der Waals surface area (Å²) < 4.78 is 1.85. The lowest BCUT2D eigenvalue weighted by Crippen LogP contribution is -2.48. The molecule has 1 saturated heterocycles. The van der Waals surface area contributed by atoms with Crippen LogP contribution in [0.4, 0.5) is 5.82 Å². The van der Waals surface area contributed by atoms with Crippen LogP contribution in [0.25, 0.3) is 16.9 Å². The van der Waals surface area contributed by atoms with Gasteiger partial charge in [0.15, 0.2) is 5.82 Å². The summed E-state index contributed by atoms with van der Waals surface area (Å²) in [4.78, 5) is 8.81. The fourth-order valence-corrected chi connectivity index (χ4v) is 5.06. The van der Waals surface area contributed by atoms with Crippen LogP contribution in [0.15, 0.2) is 49.1 Å². The summed E-state index contributed by atoms with van der Waals surface area (Å²) in [7, 11) is 4.35. The Morgan fingerprint density at radius 3 is 2.62 bits per heavy atom. The van der Waals surface area contributed by atoms with Gasteiger partial charge in [0.05, 0.1) is 17.7 Å². The largest absolute Gasteiger partial charge is 0.507 e. The maximum Gasteiger partial charge on any atom is 0.151 e. The number of benzene rings is 1. The molecule has 1 aromatic carbocycles. The van der Waals surface area contributed by atoms with Crippen molar-refractivity contribution in [3.8, 4) is 22.7 Å². The lowest BCUT2D eigenvalue weighted by Gasteiger charge is -2.39. The number of rotatable bonds is 4. The third-order valence-electron chi connectivity index (χ3n) is 6.89. The molecular formula is C22H26N6O. The Bertz CT molecular complexity index is 1020. The van der Waals surface area contributed by atoms with E-state index in [0.29, 0.717) is 28.8 Å². The molecule has 3 heterocycles. The Morgan fingerprint density at radius 2 is 2.03 bits per heavy atom. The highest BCUT2D eigenvalue weighted by Gasteiger charge is 2.52. The van der Waals surface area contributed by atoms with Crippen molar-refractivity contribution in [2.24, 2.45) is 5.92 Å². The minimum absolute atomic E-state index is 0.177. The number of likely N-dealkylation sites (tertiary alicyclic amines) is 1. The molecule has 2 bridgehead atoms. The van der Waals surface area contributed by atoms with E-state index in [2.05, 4.69) is 46.0 Å². The molecule has 3 atom stereocenters. The SMILES string of the molecule is CN(c1ccc(-c2ccc(-n3ccnc3)cc2O)nn1)[C@H]1C[C@@]2(C)C[C@@H]1CN2C. The van der Waals surface area contributed by atoms with Crippen LogP contribution in [0.3, 0.4) is 0 Å². The maximum atomic E-state index is 10.5. The Kier molecular flexibility index (Phi) is 4.10. The number of hydrogen-bond acceptors (Lipinski definition) is 6. The van der Waals surface area contributed by atoms with Crippen LogP contribution < -0.4 is 4.90 Å². The zero-order chi connectivity index (χ0) is 20.2. The lowest BCUT2D eigenvalue weighted by molar-refractivity contribution is 0.157. The molecule has 0 radical (unpaired) electrons. The van der Waals surface area contributed by atoms with E-state index < -0.39 is 0 Å². The first-order valence-electron chi connectivity index (χ1n) is 10.0. The van der Waals surface area contributed by atoms with Crippen LogP contribution in [0, 0.1) is 5.92 Å². The van der Waals surface area contributed by atoms with Gasteiger partial charge in [0.25, 0.3) is 0 Å². The molecule has 150 valence electrons. The van der Waals surface area contributed by atoms with Crippen molar-refractivity contribution in [1.82, 2.24) is 24.6 Å². The highest BCUT2D eigenvalue weighted by molar-refractivity contribution is 5.69. The Hall–Kier alpha value is -2.93. The zero-order valence-electron chi connectivity index (χ0n) is 17.0. The van der Waals surface area contributed by atoms with E-state index in [1.807, 2.05) is 35.0 Å². The Morgan fingerprint density at radius 1 is 1.17 bits per heavy atom. The second-order valence-electron chi connectivity index (χ2n) is 8.67. The highest BCUT2D eigenvalue weighted by atomic mass is 16.3. The molecule has 1 aliphatic heterocycles. The summed E-state index contributed by atoms with van der Waals surface area (Å²) in [5.41, 5.74) is 2.49. The van der Waals surface area contributed by atoms with E-state index in [0.717, 1.165) is 24.5 Å². The first-order valence-corrected chi connectivity index (χ1v) is 10.0. The number of aromatic nitrogens is 4. The molecule has 29 heavy (non-hydrogen) atoms. The molecule has 0 unspecified atom stereocenters. The quantitative estimate of drug-likeness (QED) is 0.739. The van der Waals surface area contributed by atoms with Crippen molar-refractivity contribution in [1.29, 1.82) is 0 Å². The number of piperidine rings is 1. The lowest BCUT2D eigenvalue weighted by atomic mass is 9.97. The van der Waals surface area contributed by atoms with Gasteiger partial charge in [0.1, 0.15) is 5.75 Å². The normalized spacial score (nSPS) is 26.2. The molecule has 1 N–H and O–H groups in total. The van der Waals surface area contributed by atoms with Gasteiger partial charge in [-0.15, -0.1) is 10.2 Å². The topological polar surface area (TPSA) is 70.3 Å². The summed E-state index contributed by atoms with van der Waals surface area (Å²) in [6.45, 7) is 3.51. The molecule has 7 heteroatoms. The van der Waals surface area contributed by atoms with Crippen molar-refractivity contribution >= 4 is 5.82 Å². The molecule has 1 aliphatic carbocycles. The number of aromatic hydroxyl groups is 1. The smallest absolute Gasteiger partial charge is 0.151 e. The van der Waals surface area contributed by atoms with Crippen LogP contribution in [0.1, 0.15) is 19.8 Å². The number of imidazole rings is 1. The van der Waals surface area contributed by atoms with Crippen molar-refractivity contribution in [2.45, 2.75) is 31.3 Å². The summed E-state index contributed by atoms with van der Waals surface area (Å²) in [5.74, 6) is 1.74. The van der Waals surface area contributed by atoms with Gasteiger partial charge in [0.2, 0.25) is 0 Å². The van der Waals surface area contributed by atoms with Crippen LogP contribution in [0.5, 0.6) is 5.75 Å². The van der Waals surface area contributed by atoms with E-state index in [9.17, 15) is 5.11 Å². The number of phenols is 1. The van der Waals surface area contributed by atoms with Gasteiger partial charge < -0.3 is 19.5 Å². The third kappa shape index (κ3) is 2.97. The number of hydrogen-bond donors (Lipinski definition) is 1. The van der Waals surface area contributed by atoms with E-state index in [4.69, 9.17) is 0 Å². The molecular weight excluding hydrogens is 364 g/mol. The minimum atomic E-state index is 0.177. The number of nitrogens with zero attached hydrogens (tertiary/aromatic N) is 6. The first-order chi connectivity index (χ1) is 13.9. The van der Waals surface area contributed by atoms with Crippen molar-refractivity contribution in [2.75, 3.05) is 25.5 Å². The standard InChI is InChI=1S/C22H26N6O/c1-22-11-15(13-26(22)2)19(12-22)27(3)21-7-6-18(24-25-21)17-5-4-16(10-20(17)29)28-9-8-23-14-28/h4-10,14-15,19,29H,11-13H2,1-3H3/t15-,19+,22-/m1/s1. The highest BCUT2D eigenvalue weighted by Crippen LogP contribution is 2.47. The second-order valence-corrected chi connectivity index (χ2v) is 8.67. The molecule has 1 saturated carbocycles. The van der Waals surface area contributed by atoms with E-state index in [-0.39, 0.29) is 5.75 Å². The third-order valence-corrected chi connectivity index (χ3v) is 6.89. The molecule has 3 aromatic rings. The zero-order valence-corrected chi connectivity index (χ0v) is 17.0. The van der Waals surface area contributed by atoms with Gasteiger partial charge in [-0.25, -0.2) is 4.98 Å². The van der Waals surface area contributed by atoms with Gasteiger partial charge in [0, 0.05) is 49.2 Å². The molecule has 0 spiro atoms. The fraction of sp³-hybridized carbons (Fsp3) is 0.409. The van der Waals surface area contributed by atoms with Gasteiger partial charge in [-0.05, 0) is 57.0 Å². The first kappa shape index (κ1) is 18.1. The number of fused-ring (bicyclic) bond motifs is 2. The van der Waals surface area contributed by atoms with Gasteiger partial charge in [-0.3, -0.25) is 0 Å². The Balaban J connectivity index is 1.36. The van der Waals surface area contributed by atoms with Crippen LogP contribution in [-0.2, 0) is 0 Å². The number of anilines is 1. The van der Waals surface area contributed by atoms with E-state index >= 15 is 0 Å². The number of phenolic OH excluding ortho intramolecular Hbond substituents is 1. The maximum absolute atomic E-state index is 10.5. The van der Waals surface area contributed by atoms with Gasteiger partial charge >= 0.3 is 0 Å². The van der Waals surface area contributed by atoms with Crippen molar-refractivity contribution < 1.29 is 5.11 Å². The van der Waals surface area contributed by atoms with Crippen LogP contribution in [0.2, 0.25) is 0 Å². The summed E-state index contributed by atoms with van der Waals surface area (Å²) in [6.07, 6.45) is 7.66. The molecule has 2 aromatic heterocycles. The molecule has 2 fully saturated rings. The van der Waals surface area contributed by atoms with Crippen molar-refractivity contribution in [3.05, 3.63) is 49.1 Å². The average molecular weight is 390 g/mol. The minimum Gasteiger partial charge on any atom is -0.507 e. The van der Waals surface area contributed by atoms with Crippen LogP contribution >= 0.6 is 0 Å². The predicted molar refractivity (Wildman–Crippen MR) is 112 cm³/mol. The summed E-state index contributed by atoms with van der Waals surface area (Å²) in [5, 5.41) is 19.4. The fourth-order valence-electron chi connectivity index (χ4n) is 5.06. The average Bonchev–Trinajstić information content (AvgIpc) is 3.42. The molecule has 2 aliphatic rings. The predicted octanol–water partition coefficient (Wildman–Crippen LogP) is 2.95. The van der Waals surface area contributed by atoms with E-state index in [1.165, 1.54) is 6.42 Å². The monoisotopic (exact) mass is 390 g/mol. The molecule has 0 amide bonds. The molecule has 5 rings (SSSR count). The summed E-state index contributed by atoms with van der Waals surface area (Å²) >= 11 is 0.